The Labute approximate surface area is 158 Å². The van der Waals surface area contributed by atoms with E-state index in [1.807, 2.05) is 13.8 Å². The van der Waals surface area contributed by atoms with Crippen molar-refractivity contribution in [2.24, 2.45) is 5.92 Å². The van der Waals surface area contributed by atoms with Crippen molar-refractivity contribution in [1.82, 2.24) is 15.5 Å². The van der Waals surface area contributed by atoms with Crippen molar-refractivity contribution in [3.05, 3.63) is 0 Å². The first-order valence-electron chi connectivity index (χ1n) is 8.49. The van der Waals surface area contributed by atoms with Gasteiger partial charge < -0.3 is 15.0 Å². The van der Waals surface area contributed by atoms with E-state index in [9.17, 15) is 14.4 Å². The molecule has 1 atom stereocenters. The fraction of sp³-hybridized carbons (Fsp3) is 0.750. The summed E-state index contributed by atoms with van der Waals surface area (Å²) < 4.78 is 5.54. The number of nitrogens with one attached hydrogen (secondary N) is 2. The van der Waals surface area contributed by atoms with Crippen LogP contribution < -0.4 is 10.6 Å². The smallest absolute Gasteiger partial charge is 0.321 e. The van der Waals surface area contributed by atoms with Crippen molar-refractivity contribution >= 4 is 46.2 Å². The van der Waals surface area contributed by atoms with E-state index in [0.717, 1.165) is 32.4 Å². The molecular formula is C16H27N3O4S2. The van der Waals surface area contributed by atoms with Gasteiger partial charge in [0.2, 0.25) is 0 Å². The van der Waals surface area contributed by atoms with Crippen molar-refractivity contribution in [3.63, 3.8) is 0 Å². The number of piperidine rings is 1. The minimum Gasteiger partial charge on any atom is -0.455 e. The van der Waals surface area contributed by atoms with E-state index in [1.54, 1.807) is 0 Å². The highest BCUT2D eigenvalue weighted by molar-refractivity contribution is 8.23. The molecule has 25 heavy (non-hydrogen) atoms. The predicted molar refractivity (Wildman–Crippen MR) is 102 cm³/mol. The van der Waals surface area contributed by atoms with Gasteiger partial charge in [-0.25, -0.2) is 4.79 Å². The third kappa shape index (κ3) is 9.06. The summed E-state index contributed by atoms with van der Waals surface area (Å²) >= 11 is 6.57. The SMILES string of the molecule is CC[C@@H](C)NC(=O)NC(=O)COC(=O)CSC(=S)N1CCC(C)CC1. The lowest BCUT2D eigenvalue weighted by Gasteiger charge is -2.31. The molecule has 0 bridgehead atoms. The lowest BCUT2D eigenvalue weighted by molar-refractivity contribution is -0.145. The number of hydrogen-bond donors (Lipinski definition) is 2. The molecule has 1 heterocycles. The number of likely N-dealkylation sites (tertiary alicyclic amines) is 1. The van der Waals surface area contributed by atoms with E-state index in [-0.39, 0.29) is 11.8 Å². The summed E-state index contributed by atoms with van der Waals surface area (Å²) in [7, 11) is 0. The van der Waals surface area contributed by atoms with Crippen LogP contribution in [0.4, 0.5) is 4.79 Å². The zero-order chi connectivity index (χ0) is 18.8. The maximum atomic E-state index is 11.7. The minimum atomic E-state index is -0.660. The summed E-state index contributed by atoms with van der Waals surface area (Å²) in [5, 5.41) is 4.70. The first-order chi connectivity index (χ1) is 11.8. The monoisotopic (exact) mass is 389 g/mol. The third-order valence-electron chi connectivity index (χ3n) is 3.96. The van der Waals surface area contributed by atoms with Crippen LogP contribution in [0.2, 0.25) is 0 Å². The van der Waals surface area contributed by atoms with Crippen LogP contribution in [0.5, 0.6) is 0 Å². The average Bonchev–Trinajstić information content (AvgIpc) is 2.58. The van der Waals surface area contributed by atoms with Gasteiger partial charge >= 0.3 is 12.0 Å². The second-order valence-corrected chi connectivity index (χ2v) is 7.82. The first kappa shape index (κ1) is 21.7. The minimum absolute atomic E-state index is 0.0365. The highest BCUT2D eigenvalue weighted by Gasteiger charge is 2.19. The Kier molecular flexibility index (Phi) is 9.81. The fourth-order valence-electron chi connectivity index (χ4n) is 2.12. The quantitative estimate of drug-likeness (QED) is 0.530. The van der Waals surface area contributed by atoms with Gasteiger partial charge in [0.05, 0.1) is 5.75 Å². The molecule has 2 N–H and O–H groups in total. The Morgan fingerprint density at radius 1 is 1.32 bits per heavy atom. The number of thioether (sulfide) groups is 1. The van der Waals surface area contributed by atoms with Crippen molar-refractivity contribution in [3.8, 4) is 0 Å². The van der Waals surface area contributed by atoms with Crippen molar-refractivity contribution < 1.29 is 19.1 Å². The van der Waals surface area contributed by atoms with Crippen LogP contribution in [-0.2, 0) is 14.3 Å². The van der Waals surface area contributed by atoms with Gasteiger partial charge in [0, 0.05) is 19.1 Å². The molecule has 1 rings (SSSR count). The van der Waals surface area contributed by atoms with Gasteiger partial charge in [0.25, 0.3) is 5.91 Å². The van der Waals surface area contributed by atoms with E-state index >= 15 is 0 Å². The Hall–Kier alpha value is -1.35. The zero-order valence-corrected chi connectivity index (χ0v) is 16.6. The molecule has 142 valence electrons. The number of amides is 3. The van der Waals surface area contributed by atoms with Crippen LogP contribution in [0.25, 0.3) is 0 Å². The lowest BCUT2D eigenvalue weighted by Crippen LogP contribution is -2.44. The number of carbonyl (C=O) groups is 3. The Morgan fingerprint density at radius 3 is 2.56 bits per heavy atom. The molecule has 0 spiro atoms. The van der Waals surface area contributed by atoms with E-state index in [4.69, 9.17) is 17.0 Å². The van der Waals surface area contributed by atoms with Crippen LogP contribution in [0.3, 0.4) is 0 Å². The number of carbonyl (C=O) groups excluding carboxylic acids is 3. The van der Waals surface area contributed by atoms with Gasteiger partial charge in [-0.05, 0) is 32.1 Å². The van der Waals surface area contributed by atoms with Crippen LogP contribution in [0, 0.1) is 5.92 Å². The average molecular weight is 390 g/mol. The van der Waals surface area contributed by atoms with Crippen LogP contribution in [0.15, 0.2) is 0 Å². The predicted octanol–water partition coefficient (Wildman–Crippen LogP) is 1.90. The summed E-state index contributed by atoms with van der Waals surface area (Å²) in [5.74, 6) is -0.427. The second-order valence-electron chi connectivity index (χ2n) is 6.22. The van der Waals surface area contributed by atoms with Crippen molar-refractivity contribution in [1.29, 1.82) is 0 Å². The molecule has 7 nitrogen and oxygen atoms in total. The van der Waals surface area contributed by atoms with Gasteiger partial charge in [-0.1, -0.05) is 37.8 Å². The number of imide groups is 1. The molecule has 0 aromatic heterocycles. The number of hydrogen-bond acceptors (Lipinski definition) is 6. The van der Waals surface area contributed by atoms with Crippen LogP contribution in [-0.4, -0.2) is 58.6 Å². The molecule has 1 saturated heterocycles. The molecule has 1 aliphatic heterocycles. The molecule has 0 saturated carbocycles. The first-order valence-corrected chi connectivity index (χ1v) is 9.88. The van der Waals surface area contributed by atoms with E-state index in [0.29, 0.717) is 10.2 Å². The normalized spacial score (nSPS) is 16.0. The molecule has 1 fully saturated rings. The Morgan fingerprint density at radius 2 is 1.96 bits per heavy atom. The number of urea groups is 1. The third-order valence-corrected chi connectivity index (χ3v) is 5.46. The van der Waals surface area contributed by atoms with E-state index in [1.165, 1.54) is 11.8 Å². The summed E-state index contributed by atoms with van der Waals surface area (Å²) in [6.07, 6.45) is 2.96. The summed E-state index contributed by atoms with van der Waals surface area (Å²) in [5.41, 5.74) is 0. The van der Waals surface area contributed by atoms with Crippen LogP contribution in [0.1, 0.15) is 40.0 Å². The standard InChI is InChI=1S/C16H27N3O4S2/c1-4-12(3)17-15(22)18-13(20)9-23-14(21)10-25-16(24)19-7-5-11(2)6-8-19/h11-12H,4-10H2,1-3H3,(H2,17,18,20,22)/t12-/m1/s1. The fourth-order valence-corrected chi connectivity index (χ4v) is 3.16. The molecule has 3 amide bonds. The van der Waals surface area contributed by atoms with Gasteiger partial charge in [0.1, 0.15) is 4.32 Å². The maximum absolute atomic E-state index is 11.7. The molecule has 0 aliphatic carbocycles. The van der Waals surface area contributed by atoms with E-state index in [2.05, 4.69) is 22.5 Å². The number of esters is 1. The van der Waals surface area contributed by atoms with Crippen LogP contribution >= 0.6 is 24.0 Å². The Bertz CT molecular complexity index is 494. The van der Waals surface area contributed by atoms with Crippen molar-refractivity contribution in [2.75, 3.05) is 25.4 Å². The number of nitrogens with zero attached hydrogens (tertiary/aromatic N) is 1. The molecule has 9 heteroatoms. The van der Waals surface area contributed by atoms with E-state index < -0.39 is 24.5 Å². The molecule has 0 aromatic rings. The summed E-state index contributed by atoms with van der Waals surface area (Å²) in [6, 6.07) is -0.629. The van der Waals surface area contributed by atoms with Gasteiger partial charge in [-0.2, -0.15) is 0 Å². The molecule has 0 radical (unpaired) electrons. The largest absolute Gasteiger partial charge is 0.455 e. The van der Waals surface area contributed by atoms with Crippen molar-refractivity contribution in [2.45, 2.75) is 46.1 Å². The molecule has 1 aliphatic rings. The zero-order valence-electron chi connectivity index (χ0n) is 15.0. The molecule has 0 unspecified atom stereocenters. The maximum Gasteiger partial charge on any atom is 0.321 e. The van der Waals surface area contributed by atoms with Gasteiger partial charge in [-0.15, -0.1) is 0 Å². The van der Waals surface area contributed by atoms with Gasteiger partial charge in [0.15, 0.2) is 6.61 Å². The highest BCUT2D eigenvalue weighted by Crippen LogP contribution is 2.20. The molecular weight excluding hydrogens is 362 g/mol. The molecule has 0 aromatic carbocycles. The lowest BCUT2D eigenvalue weighted by atomic mass is 10.00. The topological polar surface area (TPSA) is 87.7 Å². The Balaban J connectivity index is 2.18. The summed E-state index contributed by atoms with van der Waals surface area (Å²) in [4.78, 5) is 36.8. The summed E-state index contributed by atoms with van der Waals surface area (Å²) in [6.45, 7) is 7.31. The number of thiocarbonyl (C=S) groups is 1. The number of rotatable bonds is 6. The number of ether oxygens (including phenoxy) is 1. The highest BCUT2D eigenvalue weighted by atomic mass is 32.2. The van der Waals surface area contributed by atoms with Gasteiger partial charge in [-0.3, -0.25) is 14.9 Å². The second kappa shape index (κ2) is 11.3.